The lowest BCUT2D eigenvalue weighted by Gasteiger charge is -2.22. The molecule has 0 unspecified atom stereocenters. The monoisotopic (exact) mass is 215 g/mol. The molecule has 1 aliphatic carbocycles. The van der Waals surface area contributed by atoms with Crippen LogP contribution in [-0.2, 0) is 6.42 Å². The van der Waals surface area contributed by atoms with Gasteiger partial charge in [0.25, 0.3) is 0 Å². The van der Waals surface area contributed by atoms with Gasteiger partial charge in [-0.1, -0.05) is 0 Å². The molecule has 0 saturated heterocycles. The summed E-state index contributed by atoms with van der Waals surface area (Å²) in [6.45, 7) is 0. The van der Waals surface area contributed by atoms with Crippen molar-refractivity contribution in [3.63, 3.8) is 0 Å². The molecule has 2 N–H and O–H groups in total. The van der Waals surface area contributed by atoms with Crippen LogP contribution >= 0.6 is 0 Å². The Morgan fingerprint density at radius 2 is 2.19 bits per heavy atom. The van der Waals surface area contributed by atoms with E-state index in [0.29, 0.717) is 5.95 Å². The lowest BCUT2D eigenvalue weighted by Crippen LogP contribution is -2.18. The molecule has 0 aliphatic heterocycles. The highest BCUT2D eigenvalue weighted by molar-refractivity contribution is 5.32. The van der Waals surface area contributed by atoms with Gasteiger partial charge in [0.1, 0.15) is 0 Å². The summed E-state index contributed by atoms with van der Waals surface area (Å²) in [6.07, 6.45) is 8.78. The predicted molar refractivity (Wildman–Crippen MR) is 59.9 cm³/mol. The van der Waals surface area contributed by atoms with Gasteiger partial charge in [-0.05, 0) is 30.9 Å². The zero-order valence-corrected chi connectivity index (χ0v) is 8.85. The van der Waals surface area contributed by atoms with Gasteiger partial charge in [-0.15, -0.1) is 0 Å². The molecule has 5 heteroatoms. The number of aryl methyl sites for hydroxylation is 1. The van der Waals surface area contributed by atoms with Crippen LogP contribution in [0.25, 0.3) is 0 Å². The van der Waals surface area contributed by atoms with Crippen molar-refractivity contribution in [2.24, 2.45) is 0 Å². The molecule has 2 aromatic heterocycles. The van der Waals surface area contributed by atoms with Gasteiger partial charge in [0.05, 0.1) is 17.9 Å². The summed E-state index contributed by atoms with van der Waals surface area (Å²) < 4.78 is 0. The van der Waals surface area contributed by atoms with Crippen molar-refractivity contribution in [1.29, 1.82) is 0 Å². The molecule has 5 nitrogen and oxygen atoms in total. The smallest absolute Gasteiger partial charge is 0.223 e. The van der Waals surface area contributed by atoms with Crippen LogP contribution in [0.5, 0.6) is 0 Å². The maximum Gasteiger partial charge on any atom is 0.223 e. The number of nitrogens with zero attached hydrogens (tertiary/aromatic N) is 3. The SMILES string of the molecule is c1cnc(N[C@H]2CCCc3cn[nH]c32)nc1. The van der Waals surface area contributed by atoms with E-state index in [1.54, 1.807) is 12.4 Å². The number of fused-ring (bicyclic) bond motifs is 1. The fourth-order valence-electron chi connectivity index (χ4n) is 2.14. The van der Waals surface area contributed by atoms with Gasteiger partial charge in [0, 0.05) is 12.4 Å². The fourth-order valence-corrected chi connectivity index (χ4v) is 2.14. The van der Waals surface area contributed by atoms with Crippen molar-refractivity contribution in [3.8, 4) is 0 Å². The fraction of sp³-hybridized carbons (Fsp3) is 0.364. The Hall–Kier alpha value is -1.91. The van der Waals surface area contributed by atoms with Crippen molar-refractivity contribution < 1.29 is 0 Å². The zero-order chi connectivity index (χ0) is 10.8. The molecule has 1 aliphatic rings. The minimum atomic E-state index is 0.258. The van der Waals surface area contributed by atoms with E-state index >= 15 is 0 Å². The number of aromatic amines is 1. The van der Waals surface area contributed by atoms with Gasteiger partial charge < -0.3 is 5.32 Å². The Morgan fingerprint density at radius 3 is 3.06 bits per heavy atom. The van der Waals surface area contributed by atoms with Crippen molar-refractivity contribution in [2.45, 2.75) is 25.3 Å². The topological polar surface area (TPSA) is 66.5 Å². The number of rotatable bonds is 2. The lowest BCUT2D eigenvalue weighted by atomic mass is 9.94. The molecule has 82 valence electrons. The molecule has 0 saturated carbocycles. The summed E-state index contributed by atoms with van der Waals surface area (Å²) in [5, 5.41) is 10.5. The van der Waals surface area contributed by atoms with Gasteiger partial charge in [-0.2, -0.15) is 5.10 Å². The number of aromatic nitrogens is 4. The Bertz CT molecular complexity index is 464. The summed E-state index contributed by atoms with van der Waals surface area (Å²) in [4.78, 5) is 8.35. The number of nitrogens with one attached hydrogen (secondary N) is 2. The highest BCUT2D eigenvalue weighted by atomic mass is 15.2. The molecule has 0 aromatic carbocycles. The predicted octanol–water partition coefficient (Wildman–Crippen LogP) is 1.69. The summed E-state index contributed by atoms with van der Waals surface area (Å²) >= 11 is 0. The van der Waals surface area contributed by atoms with Gasteiger partial charge in [-0.3, -0.25) is 5.10 Å². The second-order valence-electron chi connectivity index (χ2n) is 3.97. The molecule has 0 amide bonds. The first kappa shape index (κ1) is 9.33. The van der Waals surface area contributed by atoms with E-state index in [2.05, 4.69) is 25.5 Å². The van der Waals surface area contributed by atoms with E-state index in [1.807, 2.05) is 12.3 Å². The Kier molecular flexibility index (Phi) is 2.29. The van der Waals surface area contributed by atoms with Crippen LogP contribution in [-0.4, -0.2) is 20.2 Å². The summed E-state index contributed by atoms with van der Waals surface area (Å²) in [6, 6.07) is 2.07. The Balaban J connectivity index is 1.83. The van der Waals surface area contributed by atoms with Gasteiger partial charge in [-0.25, -0.2) is 9.97 Å². The maximum atomic E-state index is 4.17. The molecule has 0 fully saturated rings. The average Bonchev–Trinajstić information content (AvgIpc) is 2.80. The van der Waals surface area contributed by atoms with Crippen LogP contribution in [0.1, 0.15) is 30.1 Å². The molecule has 1 atom stereocenters. The van der Waals surface area contributed by atoms with E-state index < -0.39 is 0 Å². The summed E-state index contributed by atoms with van der Waals surface area (Å²) in [7, 11) is 0. The average molecular weight is 215 g/mol. The van der Waals surface area contributed by atoms with E-state index in [4.69, 9.17) is 0 Å². The molecular weight excluding hydrogens is 202 g/mol. The minimum absolute atomic E-state index is 0.258. The van der Waals surface area contributed by atoms with Gasteiger partial charge in [0.2, 0.25) is 5.95 Å². The number of anilines is 1. The summed E-state index contributed by atoms with van der Waals surface area (Å²) in [5.74, 6) is 0.676. The number of H-pyrrole nitrogens is 1. The largest absolute Gasteiger partial charge is 0.346 e. The number of hydrogen-bond acceptors (Lipinski definition) is 4. The van der Waals surface area contributed by atoms with Crippen molar-refractivity contribution >= 4 is 5.95 Å². The normalized spacial score (nSPS) is 19.1. The molecule has 0 bridgehead atoms. The molecule has 0 spiro atoms. The summed E-state index contributed by atoms with van der Waals surface area (Å²) in [5.41, 5.74) is 2.48. The highest BCUT2D eigenvalue weighted by Crippen LogP contribution is 2.29. The van der Waals surface area contributed by atoms with Crippen LogP contribution in [0.4, 0.5) is 5.95 Å². The standard InChI is InChI=1S/C11H13N5/c1-3-8-7-14-16-10(8)9(4-1)15-11-12-5-2-6-13-11/h2,5-7,9H,1,3-4H2,(H,14,16)(H,12,13,15)/t9-/m0/s1. The third-order valence-corrected chi connectivity index (χ3v) is 2.91. The van der Waals surface area contributed by atoms with E-state index in [-0.39, 0.29) is 6.04 Å². The van der Waals surface area contributed by atoms with Crippen LogP contribution in [0.3, 0.4) is 0 Å². The molecule has 3 rings (SSSR count). The molecule has 2 aromatic rings. The Labute approximate surface area is 93.3 Å². The molecular formula is C11H13N5. The van der Waals surface area contributed by atoms with Crippen LogP contribution in [0.15, 0.2) is 24.7 Å². The second-order valence-corrected chi connectivity index (χ2v) is 3.97. The third-order valence-electron chi connectivity index (χ3n) is 2.91. The van der Waals surface area contributed by atoms with Crippen LogP contribution in [0, 0.1) is 0 Å². The Morgan fingerprint density at radius 1 is 1.31 bits per heavy atom. The van der Waals surface area contributed by atoms with Crippen molar-refractivity contribution in [1.82, 2.24) is 20.2 Å². The van der Waals surface area contributed by atoms with E-state index in [1.165, 1.54) is 17.7 Å². The van der Waals surface area contributed by atoms with Gasteiger partial charge >= 0.3 is 0 Å². The van der Waals surface area contributed by atoms with Crippen molar-refractivity contribution in [2.75, 3.05) is 5.32 Å². The van der Waals surface area contributed by atoms with Crippen molar-refractivity contribution in [3.05, 3.63) is 35.9 Å². The second kappa shape index (κ2) is 3.92. The maximum absolute atomic E-state index is 4.17. The van der Waals surface area contributed by atoms with Crippen LogP contribution < -0.4 is 5.32 Å². The van der Waals surface area contributed by atoms with E-state index in [9.17, 15) is 0 Å². The van der Waals surface area contributed by atoms with E-state index in [0.717, 1.165) is 12.8 Å². The minimum Gasteiger partial charge on any atom is -0.346 e. The quantitative estimate of drug-likeness (QED) is 0.800. The number of hydrogen-bond donors (Lipinski definition) is 2. The highest BCUT2D eigenvalue weighted by Gasteiger charge is 2.22. The first-order chi connectivity index (χ1) is 7.93. The van der Waals surface area contributed by atoms with Gasteiger partial charge in [0.15, 0.2) is 0 Å². The molecule has 2 heterocycles. The molecule has 0 radical (unpaired) electrons. The lowest BCUT2D eigenvalue weighted by molar-refractivity contribution is 0.584. The van der Waals surface area contributed by atoms with Crippen LogP contribution in [0.2, 0.25) is 0 Å². The zero-order valence-electron chi connectivity index (χ0n) is 8.85. The first-order valence-electron chi connectivity index (χ1n) is 5.49. The third kappa shape index (κ3) is 1.64. The first-order valence-corrected chi connectivity index (χ1v) is 5.49. The molecule has 16 heavy (non-hydrogen) atoms.